The summed E-state index contributed by atoms with van der Waals surface area (Å²) >= 11 is 0. The Balaban J connectivity index is 2.62. The lowest BCUT2D eigenvalue weighted by Crippen LogP contribution is -2.45. The lowest BCUT2D eigenvalue weighted by Gasteiger charge is -2.24. The van der Waals surface area contributed by atoms with Crippen LogP contribution in [0.4, 0.5) is 4.39 Å². The van der Waals surface area contributed by atoms with E-state index in [0.717, 1.165) is 0 Å². The molecular weight excluding hydrogens is 187 g/mol. The summed E-state index contributed by atoms with van der Waals surface area (Å²) in [5.74, 6) is -0.419. The quantitative estimate of drug-likeness (QED) is 0.639. The van der Waals surface area contributed by atoms with E-state index in [1.54, 1.807) is 7.05 Å². The van der Waals surface area contributed by atoms with Crippen molar-refractivity contribution in [2.75, 3.05) is 20.1 Å². The summed E-state index contributed by atoms with van der Waals surface area (Å²) < 4.78 is 13.2. The van der Waals surface area contributed by atoms with Crippen LogP contribution in [-0.2, 0) is 4.79 Å². The van der Waals surface area contributed by atoms with Crippen molar-refractivity contribution in [1.29, 1.82) is 0 Å². The van der Waals surface area contributed by atoms with Crippen molar-refractivity contribution in [3.8, 4) is 0 Å². The van der Waals surface area contributed by atoms with E-state index in [1.807, 2.05) is 0 Å². The minimum Gasteiger partial charge on any atom is -0.381 e. The van der Waals surface area contributed by atoms with E-state index in [-0.39, 0.29) is 12.6 Å². The van der Waals surface area contributed by atoms with Crippen LogP contribution in [0.25, 0.3) is 0 Å². The van der Waals surface area contributed by atoms with Crippen LogP contribution in [0.2, 0.25) is 0 Å². The molecule has 2 atom stereocenters. The Kier molecular flexibility index (Phi) is 3.11. The van der Waals surface area contributed by atoms with Crippen molar-refractivity contribution < 1.29 is 14.3 Å². The van der Waals surface area contributed by atoms with Crippen LogP contribution in [0.15, 0.2) is 0 Å². The van der Waals surface area contributed by atoms with Crippen LogP contribution in [-0.4, -0.2) is 53.9 Å². The van der Waals surface area contributed by atoms with E-state index in [4.69, 9.17) is 0 Å². The number of hydrogen-bond acceptors (Lipinski definition) is 3. The number of rotatable bonds is 2. The first-order valence-electron chi connectivity index (χ1n) is 4.69. The molecule has 1 aliphatic heterocycles. The molecule has 0 aromatic carbocycles. The van der Waals surface area contributed by atoms with Gasteiger partial charge in [-0.05, 0) is 20.9 Å². The normalized spacial score (nSPS) is 28.2. The summed E-state index contributed by atoms with van der Waals surface area (Å²) in [6, 6.07) is -0.318. The van der Waals surface area contributed by atoms with Gasteiger partial charge in [-0.1, -0.05) is 0 Å². The highest BCUT2D eigenvalue weighted by Crippen LogP contribution is 2.17. The molecule has 0 unspecified atom stereocenters. The van der Waals surface area contributed by atoms with Gasteiger partial charge in [-0.15, -0.1) is 0 Å². The van der Waals surface area contributed by atoms with Crippen LogP contribution in [0, 0.1) is 0 Å². The fourth-order valence-electron chi connectivity index (χ4n) is 1.59. The molecule has 0 radical (unpaired) electrons. The van der Waals surface area contributed by atoms with E-state index < -0.39 is 17.7 Å². The van der Waals surface area contributed by atoms with Gasteiger partial charge >= 0.3 is 0 Å². The molecule has 0 saturated carbocycles. The Hall–Kier alpha value is -0.680. The Morgan fingerprint density at radius 3 is 2.50 bits per heavy atom. The van der Waals surface area contributed by atoms with Gasteiger partial charge in [-0.3, -0.25) is 4.79 Å². The average molecular weight is 204 g/mol. The predicted octanol–water partition coefficient (Wildman–Crippen LogP) is -0.474. The zero-order valence-corrected chi connectivity index (χ0v) is 8.75. The number of hydrogen-bond donors (Lipinski definition) is 2. The van der Waals surface area contributed by atoms with Crippen molar-refractivity contribution >= 4 is 5.91 Å². The maximum absolute atomic E-state index is 13.2. The molecule has 0 aliphatic carbocycles. The number of halogens is 1. The lowest BCUT2D eigenvalue weighted by atomic mass is 10.1. The van der Waals surface area contributed by atoms with Crippen LogP contribution in [0.1, 0.15) is 13.8 Å². The number of likely N-dealkylation sites (N-methyl/N-ethyl adjacent to an activating group) is 1. The van der Waals surface area contributed by atoms with Crippen molar-refractivity contribution in [2.45, 2.75) is 31.7 Å². The highest BCUT2D eigenvalue weighted by Gasteiger charge is 2.39. The van der Waals surface area contributed by atoms with E-state index >= 15 is 0 Å². The third-order valence-corrected chi connectivity index (χ3v) is 2.43. The molecule has 1 rings (SSSR count). The number of carbonyl (C=O) groups excluding carboxylic acids is 1. The second-order valence-electron chi connectivity index (χ2n) is 4.18. The van der Waals surface area contributed by atoms with Gasteiger partial charge in [0.05, 0.1) is 12.6 Å². The molecule has 0 spiro atoms. The molecule has 1 heterocycles. The van der Waals surface area contributed by atoms with Crippen LogP contribution >= 0.6 is 0 Å². The number of nitrogens with zero attached hydrogens (tertiary/aromatic N) is 1. The van der Waals surface area contributed by atoms with Gasteiger partial charge in [0.25, 0.3) is 5.91 Å². The summed E-state index contributed by atoms with van der Waals surface area (Å²) in [7, 11) is 1.66. The van der Waals surface area contributed by atoms with Crippen LogP contribution < -0.4 is 5.32 Å². The van der Waals surface area contributed by atoms with Gasteiger partial charge in [0.1, 0.15) is 11.8 Å². The average Bonchev–Trinajstić information content (AvgIpc) is 2.43. The second kappa shape index (κ2) is 3.82. The van der Waals surface area contributed by atoms with Crippen molar-refractivity contribution in [3.05, 3.63) is 0 Å². The summed E-state index contributed by atoms with van der Waals surface area (Å²) in [5, 5.41) is 12.3. The first-order valence-corrected chi connectivity index (χ1v) is 4.69. The lowest BCUT2D eigenvalue weighted by molar-refractivity contribution is -0.146. The summed E-state index contributed by atoms with van der Waals surface area (Å²) in [4.78, 5) is 12.9. The Labute approximate surface area is 83.1 Å². The minimum atomic E-state index is -1.41. The zero-order valence-electron chi connectivity index (χ0n) is 8.75. The monoisotopic (exact) mass is 204 g/mol. The molecule has 4 nitrogen and oxygen atoms in total. The Morgan fingerprint density at radius 2 is 2.14 bits per heavy atom. The van der Waals surface area contributed by atoms with Gasteiger partial charge < -0.3 is 15.3 Å². The van der Waals surface area contributed by atoms with Gasteiger partial charge in [-0.25, -0.2) is 4.39 Å². The number of likely N-dealkylation sites (tertiary alicyclic amines) is 1. The maximum Gasteiger partial charge on any atom is 0.254 e. The zero-order chi connectivity index (χ0) is 10.9. The van der Waals surface area contributed by atoms with Gasteiger partial charge in [-0.2, -0.15) is 0 Å². The molecular formula is C9H17FN2O2. The first kappa shape index (κ1) is 11.4. The Morgan fingerprint density at radius 1 is 1.57 bits per heavy atom. The molecule has 82 valence electrons. The third kappa shape index (κ3) is 2.22. The van der Waals surface area contributed by atoms with Crippen LogP contribution in [0.3, 0.4) is 0 Å². The van der Waals surface area contributed by atoms with E-state index in [9.17, 15) is 14.3 Å². The number of aliphatic hydroxyl groups is 1. The maximum atomic E-state index is 13.2. The summed E-state index contributed by atoms with van der Waals surface area (Å²) in [6.07, 6.45) is -1.05. The van der Waals surface area contributed by atoms with Gasteiger partial charge in [0, 0.05) is 6.54 Å². The minimum absolute atomic E-state index is 0.0638. The molecule has 1 amide bonds. The van der Waals surface area contributed by atoms with Crippen molar-refractivity contribution in [1.82, 2.24) is 10.2 Å². The number of amides is 1. The Bertz CT molecular complexity index is 227. The van der Waals surface area contributed by atoms with E-state index in [0.29, 0.717) is 6.54 Å². The fourth-order valence-corrected chi connectivity index (χ4v) is 1.59. The molecule has 1 fully saturated rings. The summed E-state index contributed by atoms with van der Waals surface area (Å²) in [5.41, 5.74) is -1.41. The molecule has 1 aliphatic rings. The van der Waals surface area contributed by atoms with Crippen LogP contribution in [0.5, 0.6) is 0 Å². The van der Waals surface area contributed by atoms with Crippen molar-refractivity contribution in [3.63, 3.8) is 0 Å². The first-order chi connectivity index (χ1) is 6.36. The smallest absolute Gasteiger partial charge is 0.254 e. The van der Waals surface area contributed by atoms with E-state index in [1.165, 1.54) is 18.7 Å². The molecule has 0 bridgehead atoms. The largest absolute Gasteiger partial charge is 0.381 e. The highest BCUT2D eigenvalue weighted by molar-refractivity contribution is 5.84. The molecule has 2 N–H and O–H groups in total. The molecule has 1 saturated heterocycles. The standard InChI is InChI=1S/C9H17FN2O2/c1-9(2,14)8(13)12-4-6(10)7(5-12)11-3/h6-7,11,14H,4-5H2,1-3H3/t6-,7+/m0/s1. The van der Waals surface area contributed by atoms with Gasteiger partial charge in [0.15, 0.2) is 0 Å². The fraction of sp³-hybridized carbons (Fsp3) is 0.889. The van der Waals surface area contributed by atoms with E-state index in [2.05, 4.69) is 5.32 Å². The third-order valence-electron chi connectivity index (χ3n) is 2.43. The number of nitrogens with one attached hydrogen (secondary N) is 1. The SMILES string of the molecule is CN[C@@H]1CN(C(=O)C(C)(C)O)C[C@@H]1F. The van der Waals surface area contributed by atoms with Gasteiger partial charge in [0.2, 0.25) is 0 Å². The van der Waals surface area contributed by atoms with Crippen molar-refractivity contribution in [2.24, 2.45) is 0 Å². The number of alkyl halides is 1. The molecule has 0 aromatic rings. The molecule has 14 heavy (non-hydrogen) atoms. The summed E-state index contributed by atoms with van der Waals surface area (Å²) in [6.45, 7) is 3.21. The second-order valence-corrected chi connectivity index (χ2v) is 4.18. The topological polar surface area (TPSA) is 52.6 Å². The molecule has 0 aromatic heterocycles. The predicted molar refractivity (Wildman–Crippen MR) is 50.6 cm³/mol. The highest BCUT2D eigenvalue weighted by atomic mass is 19.1. The number of carbonyl (C=O) groups is 1. The molecule has 5 heteroatoms.